The molecule has 0 aliphatic carbocycles. The Morgan fingerprint density at radius 3 is 2.26 bits per heavy atom. The largest absolute Gasteiger partial charge is 0.322 e. The fraction of sp³-hybridized carbons (Fsp3) is 0.389. The number of thiophene rings is 1. The van der Waals surface area contributed by atoms with Crippen LogP contribution in [0.1, 0.15) is 30.6 Å². The molecule has 1 aromatic carbocycles. The van der Waals surface area contributed by atoms with Crippen molar-refractivity contribution in [3.05, 3.63) is 44.6 Å². The fourth-order valence-corrected chi connectivity index (χ4v) is 6.49. The quantitative estimate of drug-likeness (QED) is 0.720. The fourth-order valence-electron chi connectivity index (χ4n) is 3.35. The van der Waals surface area contributed by atoms with Crippen molar-refractivity contribution in [2.24, 2.45) is 11.8 Å². The van der Waals surface area contributed by atoms with Crippen LogP contribution in [-0.2, 0) is 10.0 Å². The third-order valence-corrected chi connectivity index (χ3v) is 7.82. The predicted octanol–water partition coefficient (Wildman–Crippen LogP) is 4.97. The molecule has 2 unspecified atom stereocenters. The van der Waals surface area contributed by atoms with E-state index in [4.69, 9.17) is 23.2 Å². The molecule has 1 N–H and O–H groups in total. The molecule has 9 heteroatoms. The number of benzene rings is 1. The Morgan fingerprint density at radius 2 is 1.74 bits per heavy atom. The van der Waals surface area contributed by atoms with Crippen LogP contribution in [0.5, 0.6) is 0 Å². The zero-order valence-electron chi connectivity index (χ0n) is 14.9. The molecule has 1 saturated heterocycles. The Bertz CT molecular complexity index is 932. The minimum absolute atomic E-state index is 0.221. The molecule has 2 aromatic rings. The van der Waals surface area contributed by atoms with Crippen LogP contribution >= 0.6 is 34.5 Å². The van der Waals surface area contributed by atoms with Crippen LogP contribution < -0.4 is 5.32 Å². The number of amides is 1. The van der Waals surface area contributed by atoms with Gasteiger partial charge in [-0.3, -0.25) is 4.79 Å². The van der Waals surface area contributed by atoms with Crippen molar-refractivity contribution in [3.8, 4) is 0 Å². The monoisotopic (exact) mass is 446 g/mol. The number of rotatable bonds is 4. The second kappa shape index (κ2) is 8.09. The van der Waals surface area contributed by atoms with Crippen molar-refractivity contribution in [1.82, 2.24) is 4.31 Å². The molecule has 0 spiro atoms. The molecular formula is C18H20Cl2N2O3S2. The highest BCUT2D eigenvalue weighted by atomic mass is 35.5. The van der Waals surface area contributed by atoms with E-state index in [-0.39, 0.29) is 4.90 Å². The van der Waals surface area contributed by atoms with Crippen LogP contribution in [0.4, 0.5) is 5.69 Å². The average molecular weight is 447 g/mol. The van der Waals surface area contributed by atoms with E-state index in [0.717, 1.165) is 17.8 Å². The lowest BCUT2D eigenvalue weighted by Gasteiger charge is -2.34. The number of sulfonamides is 1. The molecule has 5 nitrogen and oxygen atoms in total. The smallest absolute Gasteiger partial charge is 0.258 e. The maximum Gasteiger partial charge on any atom is 0.258 e. The zero-order chi connectivity index (χ0) is 19.8. The minimum atomic E-state index is -3.54. The Balaban J connectivity index is 1.75. The van der Waals surface area contributed by atoms with E-state index in [1.54, 1.807) is 16.4 Å². The molecule has 1 aromatic heterocycles. The number of carbonyl (C=O) groups is 1. The Kier molecular flexibility index (Phi) is 6.17. The summed E-state index contributed by atoms with van der Waals surface area (Å²) in [6, 6.07) is 7.67. The van der Waals surface area contributed by atoms with Gasteiger partial charge in [-0.2, -0.15) is 4.31 Å². The van der Waals surface area contributed by atoms with Crippen molar-refractivity contribution in [2.45, 2.75) is 25.2 Å². The third-order valence-electron chi connectivity index (χ3n) is 4.49. The molecule has 146 valence electrons. The third kappa shape index (κ3) is 4.66. The van der Waals surface area contributed by atoms with Crippen LogP contribution in [-0.4, -0.2) is 31.7 Å². The van der Waals surface area contributed by atoms with E-state index in [0.29, 0.717) is 44.8 Å². The van der Waals surface area contributed by atoms with E-state index in [9.17, 15) is 13.2 Å². The van der Waals surface area contributed by atoms with Gasteiger partial charge in [0.05, 0.1) is 14.8 Å². The Labute approximate surface area is 173 Å². The van der Waals surface area contributed by atoms with Gasteiger partial charge in [-0.05, 0) is 48.6 Å². The van der Waals surface area contributed by atoms with Crippen molar-refractivity contribution in [3.63, 3.8) is 0 Å². The first-order valence-electron chi connectivity index (χ1n) is 8.53. The molecular weight excluding hydrogens is 427 g/mol. The number of carbonyl (C=O) groups excluding carboxylic acids is 1. The number of nitrogens with one attached hydrogen (secondary N) is 1. The van der Waals surface area contributed by atoms with Crippen LogP contribution in [0, 0.1) is 11.8 Å². The number of piperidine rings is 1. The summed E-state index contributed by atoms with van der Waals surface area (Å²) in [6.45, 7) is 5.20. The zero-order valence-corrected chi connectivity index (χ0v) is 18.1. The summed E-state index contributed by atoms with van der Waals surface area (Å²) in [5, 5.41) is 2.70. The Morgan fingerprint density at radius 1 is 1.15 bits per heavy atom. The first-order valence-corrected chi connectivity index (χ1v) is 11.5. The highest BCUT2D eigenvalue weighted by Gasteiger charge is 2.31. The number of hydrogen-bond acceptors (Lipinski definition) is 4. The number of hydrogen-bond donors (Lipinski definition) is 1. The first kappa shape index (κ1) is 20.6. The predicted molar refractivity (Wildman–Crippen MR) is 110 cm³/mol. The summed E-state index contributed by atoms with van der Waals surface area (Å²) in [4.78, 5) is 12.5. The molecule has 3 rings (SSSR count). The van der Waals surface area contributed by atoms with Crippen molar-refractivity contribution in [2.75, 3.05) is 18.4 Å². The lowest BCUT2D eigenvalue weighted by Crippen LogP contribution is -2.42. The van der Waals surface area contributed by atoms with Gasteiger partial charge in [0.15, 0.2) is 0 Å². The van der Waals surface area contributed by atoms with Gasteiger partial charge in [0.2, 0.25) is 10.0 Å². The second-order valence-corrected chi connectivity index (χ2v) is 11.2. The van der Waals surface area contributed by atoms with Crippen LogP contribution in [0.3, 0.4) is 0 Å². The molecule has 1 aliphatic rings. The molecule has 0 saturated carbocycles. The molecule has 0 bridgehead atoms. The van der Waals surface area contributed by atoms with E-state index < -0.39 is 15.9 Å². The van der Waals surface area contributed by atoms with Gasteiger partial charge in [-0.15, -0.1) is 11.3 Å². The summed E-state index contributed by atoms with van der Waals surface area (Å²) < 4.78 is 28.1. The highest BCUT2D eigenvalue weighted by molar-refractivity contribution is 7.89. The van der Waals surface area contributed by atoms with E-state index in [1.165, 1.54) is 18.2 Å². The van der Waals surface area contributed by atoms with Gasteiger partial charge >= 0.3 is 0 Å². The van der Waals surface area contributed by atoms with Gasteiger partial charge in [0, 0.05) is 18.8 Å². The van der Waals surface area contributed by atoms with Gasteiger partial charge < -0.3 is 5.32 Å². The average Bonchev–Trinajstić information content (AvgIpc) is 2.93. The van der Waals surface area contributed by atoms with E-state index in [1.807, 2.05) is 0 Å². The van der Waals surface area contributed by atoms with Gasteiger partial charge in [0.25, 0.3) is 5.91 Å². The second-order valence-electron chi connectivity index (χ2n) is 6.98. The van der Waals surface area contributed by atoms with Gasteiger partial charge in [0.1, 0.15) is 4.34 Å². The SMILES string of the molecule is CC1CC(C)CN(S(=O)(=O)c2ccc(NC(=O)c3cc(Cl)sc3Cl)cc2)C1. The summed E-state index contributed by atoms with van der Waals surface area (Å²) >= 11 is 13.0. The number of anilines is 1. The number of halogens is 2. The molecule has 2 atom stereocenters. The highest BCUT2D eigenvalue weighted by Crippen LogP contribution is 2.32. The lowest BCUT2D eigenvalue weighted by atomic mass is 9.94. The van der Waals surface area contributed by atoms with Gasteiger partial charge in [-0.1, -0.05) is 37.0 Å². The van der Waals surface area contributed by atoms with Gasteiger partial charge in [-0.25, -0.2) is 8.42 Å². The van der Waals surface area contributed by atoms with E-state index >= 15 is 0 Å². The normalized spacial score (nSPS) is 21.2. The number of nitrogens with zero attached hydrogens (tertiary/aromatic N) is 1. The Hall–Kier alpha value is -1.12. The first-order chi connectivity index (χ1) is 12.7. The molecule has 27 heavy (non-hydrogen) atoms. The summed E-state index contributed by atoms with van der Waals surface area (Å²) in [5.74, 6) is 0.283. The topological polar surface area (TPSA) is 66.5 Å². The molecule has 1 amide bonds. The lowest BCUT2D eigenvalue weighted by molar-refractivity contribution is 0.102. The molecule has 1 fully saturated rings. The van der Waals surface area contributed by atoms with Crippen LogP contribution in [0.2, 0.25) is 8.67 Å². The maximum absolute atomic E-state index is 12.9. The van der Waals surface area contributed by atoms with Crippen molar-refractivity contribution < 1.29 is 13.2 Å². The van der Waals surface area contributed by atoms with Crippen LogP contribution in [0.25, 0.3) is 0 Å². The van der Waals surface area contributed by atoms with Crippen molar-refractivity contribution >= 4 is 56.2 Å². The van der Waals surface area contributed by atoms with Crippen LogP contribution in [0.15, 0.2) is 35.2 Å². The maximum atomic E-state index is 12.9. The summed E-state index contributed by atoms with van der Waals surface area (Å²) in [5.41, 5.74) is 0.775. The summed E-state index contributed by atoms with van der Waals surface area (Å²) in [6.07, 6.45) is 1.03. The molecule has 2 heterocycles. The van der Waals surface area contributed by atoms with Crippen molar-refractivity contribution in [1.29, 1.82) is 0 Å². The van der Waals surface area contributed by atoms with E-state index in [2.05, 4.69) is 19.2 Å². The molecule has 0 radical (unpaired) electrons. The minimum Gasteiger partial charge on any atom is -0.322 e. The standard InChI is InChI=1S/C18H20Cl2N2O3S2/c1-11-7-12(2)10-22(9-11)27(24,25)14-5-3-13(4-6-14)21-18(23)15-8-16(19)26-17(15)20/h3-6,8,11-12H,7,9-10H2,1-2H3,(H,21,23). The summed E-state index contributed by atoms with van der Waals surface area (Å²) in [7, 11) is -3.54. The molecule has 1 aliphatic heterocycles.